The molecule has 4 heterocycles. The molecule has 4 aromatic heterocycles. The Labute approximate surface area is 266 Å². The molecule has 11 rings (SSSR count). The first-order valence-electron chi connectivity index (χ1n) is 15.6. The number of para-hydroxylation sites is 3. The van der Waals surface area contributed by atoms with Crippen molar-refractivity contribution in [3.63, 3.8) is 0 Å². The van der Waals surface area contributed by atoms with Gasteiger partial charge in [-0.1, -0.05) is 78.9 Å². The van der Waals surface area contributed by atoms with E-state index in [9.17, 15) is 0 Å². The summed E-state index contributed by atoms with van der Waals surface area (Å²) in [6.07, 6.45) is 0. The predicted molar refractivity (Wildman–Crippen MR) is 195 cm³/mol. The van der Waals surface area contributed by atoms with Gasteiger partial charge < -0.3 is 13.6 Å². The van der Waals surface area contributed by atoms with Crippen LogP contribution in [0.2, 0.25) is 0 Å². The Morgan fingerprint density at radius 2 is 0.935 bits per heavy atom. The van der Waals surface area contributed by atoms with Gasteiger partial charge in [0.2, 0.25) is 0 Å². The topological polar surface area (TPSA) is 23.0 Å². The van der Waals surface area contributed by atoms with Crippen LogP contribution in [-0.4, -0.2) is 9.13 Å². The van der Waals surface area contributed by atoms with E-state index in [1.54, 1.807) is 0 Å². The third-order valence-corrected chi connectivity index (χ3v) is 10.8. The Morgan fingerprint density at radius 1 is 0.370 bits per heavy atom. The zero-order valence-corrected chi connectivity index (χ0v) is 25.4. The van der Waals surface area contributed by atoms with Gasteiger partial charge in [-0.2, -0.15) is 0 Å². The molecule has 0 bridgehead atoms. The molecule has 7 aromatic carbocycles. The van der Waals surface area contributed by atoms with Gasteiger partial charge in [0.15, 0.2) is 0 Å². The number of rotatable bonds is 2. The van der Waals surface area contributed by atoms with Crippen molar-refractivity contribution in [3.05, 3.63) is 146 Å². The van der Waals surface area contributed by atoms with Crippen LogP contribution in [0.4, 0.5) is 0 Å². The quantitative estimate of drug-likeness (QED) is 0.192. The molecule has 0 saturated heterocycles. The molecule has 3 nitrogen and oxygen atoms in total. The van der Waals surface area contributed by atoms with E-state index in [4.69, 9.17) is 4.42 Å². The second-order valence-corrected chi connectivity index (χ2v) is 13.2. The third-order valence-electron chi connectivity index (χ3n) is 9.70. The normalized spacial score (nSPS) is 12.3. The van der Waals surface area contributed by atoms with E-state index in [-0.39, 0.29) is 0 Å². The highest BCUT2D eigenvalue weighted by Crippen LogP contribution is 2.47. The summed E-state index contributed by atoms with van der Waals surface area (Å²) in [5, 5.41) is 9.60. The highest BCUT2D eigenvalue weighted by molar-refractivity contribution is 7.26. The summed E-state index contributed by atoms with van der Waals surface area (Å²) in [7, 11) is 0. The van der Waals surface area contributed by atoms with Gasteiger partial charge in [0.1, 0.15) is 11.2 Å². The van der Waals surface area contributed by atoms with E-state index < -0.39 is 0 Å². The molecular weight excluding hydrogens is 581 g/mol. The molecule has 0 unspecified atom stereocenters. The molecule has 0 aliphatic heterocycles. The Bertz CT molecular complexity index is 3010. The van der Waals surface area contributed by atoms with Crippen LogP contribution in [0.1, 0.15) is 0 Å². The highest BCUT2D eigenvalue weighted by atomic mass is 32.1. The van der Waals surface area contributed by atoms with E-state index >= 15 is 0 Å². The molecular formula is C42H24N2OS. The molecule has 0 saturated carbocycles. The molecule has 0 atom stereocenters. The molecule has 0 N–H and O–H groups in total. The lowest BCUT2D eigenvalue weighted by Gasteiger charge is -2.08. The SMILES string of the molecule is c1ccc(-n2c3ccccc3c3c4oc5c(ccc6c5c5ccc7sc8ccccc8c7c5n6-c5ccccc5)c4ccc32)cc1. The molecule has 0 amide bonds. The summed E-state index contributed by atoms with van der Waals surface area (Å²) in [5.41, 5.74) is 8.87. The van der Waals surface area contributed by atoms with Crippen molar-refractivity contribution in [2.75, 3.05) is 0 Å². The number of nitrogens with zero attached hydrogens (tertiary/aromatic N) is 2. The average Bonchev–Trinajstić information content (AvgIpc) is 3.85. The van der Waals surface area contributed by atoms with Crippen LogP contribution in [-0.2, 0) is 0 Å². The minimum Gasteiger partial charge on any atom is -0.455 e. The third kappa shape index (κ3) is 3.06. The van der Waals surface area contributed by atoms with Gasteiger partial charge in [-0.25, -0.2) is 0 Å². The highest BCUT2D eigenvalue weighted by Gasteiger charge is 2.24. The summed E-state index contributed by atoms with van der Waals surface area (Å²) >= 11 is 1.86. The standard InChI is InChI=1S/C42H24N2OS/c1-3-11-25(12-4-1)43-32-17-9-7-15-29(32)37-33(43)22-19-27-28-20-23-34-38(42(28)45-41(27)37)31-21-24-36-39(30-16-8-10-18-35(30)46-36)40(31)44(34)26-13-5-2-6-14-26/h1-24H. The van der Waals surface area contributed by atoms with Crippen LogP contribution in [0, 0.1) is 0 Å². The van der Waals surface area contributed by atoms with Crippen molar-refractivity contribution < 1.29 is 4.42 Å². The molecule has 4 heteroatoms. The van der Waals surface area contributed by atoms with Crippen molar-refractivity contribution >= 4 is 97.1 Å². The van der Waals surface area contributed by atoms with Gasteiger partial charge in [-0.15, -0.1) is 11.3 Å². The molecule has 0 fully saturated rings. The van der Waals surface area contributed by atoms with Crippen LogP contribution < -0.4 is 0 Å². The number of fused-ring (bicyclic) bond motifs is 15. The van der Waals surface area contributed by atoms with Gasteiger partial charge in [-0.3, -0.25) is 0 Å². The zero-order chi connectivity index (χ0) is 29.9. The van der Waals surface area contributed by atoms with Crippen LogP contribution >= 0.6 is 11.3 Å². The van der Waals surface area contributed by atoms with Gasteiger partial charge in [0, 0.05) is 53.1 Å². The number of furan rings is 1. The zero-order valence-electron chi connectivity index (χ0n) is 24.6. The predicted octanol–water partition coefficient (Wildman–Crippen LogP) is 12.1. The second kappa shape index (κ2) is 8.87. The fraction of sp³-hybridized carbons (Fsp3) is 0. The lowest BCUT2D eigenvalue weighted by Crippen LogP contribution is -1.93. The Kier molecular flexibility index (Phi) is 4.72. The first kappa shape index (κ1) is 24.5. The Morgan fingerprint density at radius 3 is 1.67 bits per heavy atom. The van der Waals surface area contributed by atoms with E-state index in [1.807, 2.05) is 11.3 Å². The first-order chi connectivity index (χ1) is 22.8. The smallest absolute Gasteiger partial charge is 0.145 e. The van der Waals surface area contributed by atoms with Crippen molar-refractivity contribution in [3.8, 4) is 11.4 Å². The molecule has 0 radical (unpaired) electrons. The maximum atomic E-state index is 7.15. The minimum atomic E-state index is 0.938. The van der Waals surface area contributed by atoms with Gasteiger partial charge in [0.05, 0.1) is 32.8 Å². The van der Waals surface area contributed by atoms with Crippen molar-refractivity contribution in [2.45, 2.75) is 0 Å². The van der Waals surface area contributed by atoms with Crippen LogP contribution in [0.3, 0.4) is 0 Å². The maximum Gasteiger partial charge on any atom is 0.145 e. The van der Waals surface area contributed by atoms with Gasteiger partial charge in [-0.05, 0) is 66.7 Å². The number of thiophene rings is 1. The number of hydrogen-bond acceptors (Lipinski definition) is 2. The molecule has 0 aliphatic carbocycles. The largest absolute Gasteiger partial charge is 0.455 e. The van der Waals surface area contributed by atoms with Crippen molar-refractivity contribution in [1.82, 2.24) is 9.13 Å². The van der Waals surface area contributed by atoms with Gasteiger partial charge in [0.25, 0.3) is 0 Å². The van der Waals surface area contributed by atoms with E-state index in [0.29, 0.717) is 0 Å². The van der Waals surface area contributed by atoms with E-state index in [1.165, 1.54) is 42.0 Å². The Hall–Kier alpha value is -5.84. The average molecular weight is 605 g/mol. The monoisotopic (exact) mass is 604 g/mol. The molecule has 0 aliphatic rings. The summed E-state index contributed by atoms with van der Waals surface area (Å²) in [5.74, 6) is 0. The maximum absolute atomic E-state index is 7.15. The van der Waals surface area contributed by atoms with Crippen LogP contribution in [0.15, 0.2) is 150 Å². The lowest BCUT2D eigenvalue weighted by atomic mass is 10.0. The molecule has 11 aromatic rings. The minimum absolute atomic E-state index is 0.938. The fourth-order valence-corrected chi connectivity index (χ4v) is 8.95. The van der Waals surface area contributed by atoms with Crippen molar-refractivity contribution in [2.24, 2.45) is 0 Å². The number of hydrogen-bond donors (Lipinski definition) is 0. The van der Waals surface area contributed by atoms with E-state index in [2.05, 4.69) is 155 Å². The fourth-order valence-electron chi connectivity index (χ4n) is 7.84. The number of benzene rings is 7. The van der Waals surface area contributed by atoms with Crippen molar-refractivity contribution in [1.29, 1.82) is 0 Å². The summed E-state index contributed by atoms with van der Waals surface area (Å²) < 4.78 is 14.5. The van der Waals surface area contributed by atoms with Crippen LogP contribution in [0.5, 0.6) is 0 Å². The first-order valence-corrected chi connectivity index (χ1v) is 16.4. The van der Waals surface area contributed by atoms with E-state index in [0.717, 1.165) is 55.1 Å². The van der Waals surface area contributed by atoms with Gasteiger partial charge >= 0.3 is 0 Å². The number of aromatic nitrogens is 2. The Balaban J connectivity index is 1.35. The lowest BCUT2D eigenvalue weighted by molar-refractivity contribution is 0.677. The summed E-state index contributed by atoms with van der Waals surface area (Å²) in [6.45, 7) is 0. The molecule has 0 spiro atoms. The molecule has 46 heavy (non-hydrogen) atoms. The second-order valence-electron chi connectivity index (χ2n) is 12.1. The van der Waals surface area contributed by atoms with Crippen LogP contribution in [0.25, 0.3) is 97.1 Å². The summed E-state index contributed by atoms with van der Waals surface area (Å²) in [6, 6.07) is 52.5. The molecule has 214 valence electrons. The summed E-state index contributed by atoms with van der Waals surface area (Å²) in [4.78, 5) is 0.